The molecule has 0 aromatic heterocycles. The molecule has 0 heterocycles. The van der Waals surface area contributed by atoms with Crippen molar-refractivity contribution in [3.05, 3.63) is 12.7 Å². The third kappa shape index (κ3) is 11.5. The Morgan fingerprint density at radius 1 is 1.80 bits per heavy atom. The molecule has 0 N–H and O–H groups in total. The molecule has 0 saturated heterocycles. The zero-order valence-electron chi connectivity index (χ0n) is 3.08. The Labute approximate surface area is 53.5 Å². The maximum atomic E-state index is 3.43. The van der Waals surface area contributed by atoms with Gasteiger partial charge in [0.15, 0.2) is 0 Å². The van der Waals surface area contributed by atoms with Gasteiger partial charge in [-0.3, -0.25) is 0 Å². The van der Waals surface area contributed by atoms with Crippen molar-refractivity contribution in [1.82, 2.24) is 0 Å². The van der Waals surface area contributed by atoms with E-state index in [2.05, 4.69) is 22.5 Å². The molecule has 0 amide bonds. The van der Waals surface area contributed by atoms with Crippen LogP contribution in [0.25, 0.3) is 0 Å². The average Bonchev–Trinajstić information content (AvgIpc) is 1.37. The number of rotatable bonds is 1. The van der Waals surface area contributed by atoms with Gasteiger partial charge in [0.2, 0.25) is 0 Å². The SMILES string of the molecule is C=CCBr.[Zn]. The van der Waals surface area contributed by atoms with Crippen LogP contribution in [0.4, 0.5) is 0 Å². The van der Waals surface area contributed by atoms with E-state index in [0.717, 1.165) is 5.33 Å². The third-order valence-corrected chi connectivity index (χ3v) is 0.567. The van der Waals surface area contributed by atoms with Crippen molar-refractivity contribution in [1.29, 1.82) is 0 Å². The molecule has 0 aliphatic heterocycles. The minimum atomic E-state index is 0. The molecule has 26 valence electrons. The fraction of sp³-hybridized carbons (Fsp3) is 0.333. The first-order valence-corrected chi connectivity index (χ1v) is 2.21. The molecule has 0 atom stereocenters. The topological polar surface area (TPSA) is 0 Å². The first kappa shape index (κ1) is 9.28. The molecular weight excluding hydrogens is 181 g/mol. The first-order chi connectivity index (χ1) is 1.91. The molecule has 0 nitrogen and oxygen atoms in total. The smallest absolute Gasteiger partial charge is 0.0209 e. The summed E-state index contributed by atoms with van der Waals surface area (Å²) in [6, 6.07) is 0. The van der Waals surface area contributed by atoms with Crippen LogP contribution in [0.5, 0.6) is 0 Å². The molecule has 0 rings (SSSR count). The van der Waals surface area contributed by atoms with Crippen LogP contribution in [-0.2, 0) is 19.5 Å². The fourth-order valence-corrected chi connectivity index (χ4v) is 0. The summed E-state index contributed by atoms with van der Waals surface area (Å²) in [6.07, 6.45) is 1.79. The van der Waals surface area contributed by atoms with Crippen LogP contribution >= 0.6 is 15.9 Å². The van der Waals surface area contributed by atoms with E-state index in [1.807, 2.05) is 0 Å². The van der Waals surface area contributed by atoms with Gasteiger partial charge in [-0.05, 0) is 0 Å². The second kappa shape index (κ2) is 8.85. The van der Waals surface area contributed by atoms with Crippen molar-refractivity contribution in [2.45, 2.75) is 0 Å². The van der Waals surface area contributed by atoms with Gasteiger partial charge in [0, 0.05) is 24.8 Å². The van der Waals surface area contributed by atoms with Crippen LogP contribution in [0.15, 0.2) is 12.7 Å². The predicted octanol–water partition coefficient (Wildman–Crippen LogP) is 1.56. The largest absolute Gasteiger partial charge is 0.102 e. The van der Waals surface area contributed by atoms with Crippen LogP contribution in [-0.4, -0.2) is 5.33 Å². The molecule has 0 radical (unpaired) electrons. The second-order valence-electron chi connectivity index (χ2n) is 0.443. The number of allylic oxidation sites excluding steroid dienone is 1. The first-order valence-electron chi connectivity index (χ1n) is 1.08. The van der Waals surface area contributed by atoms with Gasteiger partial charge in [0.25, 0.3) is 0 Å². The molecular formula is C3H5BrZn. The molecule has 0 unspecified atom stereocenters. The predicted molar refractivity (Wildman–Crippen MR) is 24.0 cm³/mol. The van der Waals surface area contributed by atoms with Crippen LogP contribution in [0.1, 0.15) is 0 Å². The minimum Gasteiger partial charge on any atom is -0.102 e. The summed E-state index contributed by atoms with van der Waals surface area (Å²) in [6.45, 7) is 3.43. The molecule has 0 aromatic rings. The molecule has 0 fully saturated rings. The number of hydrogen-bond donors (Lipinski definition) is 0. The molecule has 0 spiro atoms. The van der Waals surface area contributed by atoms with Gasteiger partial charge in [-0.2, -0.15) is 0 Å². The Morgan fingerprint density at radius 2 is 2.00 bits per heavy atom. The molecule has 0 saturated carbocycles. The van der Waals surface area contributed by atoms with Gasteiger partial charge in [-0.25, -0.2) is 0 Å². The monoisotopic (exact) mass is 184 g/mol. The van der Waals surface area contributed by atoms with Gasteiger partial charge < -0.3 is 0 Å². The van der Waals surface area contributed by atoms with Gasteiger partial charge in [0.05, 0.1) is 0 Å². The normalized spacial score (nSPS) is 5.00. The maximum absolute atomic E-state index is 3.43. The van der Waals surface area contributed by atoms with Crippen molar-refractivity contribution in [2.75, 3.05) is 5.33 Å². The summed E-state index contributed by atoms with van der Waals surface area (Å²) in [5.74, 6) is 0. The van der Waals surface area contributed by atoms with Crippen molar-refractivity contribution < 1.29 is 19.5 Å². The third-order valence-electron chi connectivity index (χ3n) is 0.109. The van der Waals surface area contributed by atoms with E-state index in [-0.39, 0.29) is 19.5 Å². The molecule has 0 aromatic carbocycles. The van der Waals surface area contributed by atoms with E-state index < -0.39 is 0 Å². The summed E-state index contributed by atoms with van der Waals surface area (Å²) in [7, 11) is 0. The Morgan fingerprint density at radius 3 is 2.00 bits per heavy atom. The summed E-state index contributed by atoms with van der Waals surface area (Å²) in [4.78, 5) is 0. The second-order valence-corrected chi connectivity index (χ2v) is 1.09. The van der Waals surface area contributed by atoms with E-state index in [9.17, 15) is 0 Å². The van der Waals surface area contributed by atoms with E-state index in [1.165, 1.54) is 0 Å². The quantitative estimate of drug-likeness (QED) is 0.331. The van der Waals surface area contributed by atoms with E-state index in [4.69, 9.17) is 0 Å². The minimum absolute atomic E-state index is 0. The van der Waals surface area contributed by atoms with Crippen LogP contribution < -0.4 is 0 Å². The zero-order valence-corrected chi connectivity index (χ0v) is 7.63. The van der Waals surface area contributed by atoms with Crippen molar-refractivity contribution >= 4 is 15.9 Å². The van der Waals surface area contributed by atoms with E-state index in [0.29, 0.717) is 0 Å². The fourth-order valence-electron chi connectivity index (χ4n) is 0. The molecule has 2 heteroatoms. The Hall–Kier alpha value is 0.843. The number of hydrogen-bond acceptors (Lipinski definition) is 0. The van der Waals surface area contributed by atoms with Crippen LogP contribution in [0.3, 0.4) is 0 Å². The molecule has 0 bridgehead atoms. The van der Waals surface area contributed by atoms with Gasteiger partial charge in [-0.1, -0.05) is 22.0 Å². The van der Waals surface area contributed by atoms with Crippen molar-refractivity contribution in [3.8, 4) is 0 Å². The van der Waals surface area contributed by atoms with Crippen molar-refractivity contribution in [2.24, 2.45) is 0 Å². The standard InChI is InChI=1S/C3H5Br.Zn/c1-2-3-4;/h2H,1,3H2;. The van der Waals surface area contributed by atoms with Gasteiger partial charge >= 0.3 is 0 Å². The Bertz CT molecular complexity index is 20.9. The number of halogens is 1. The van der Waals surface area contributed by atoms with Gasteiger partial charge in [-0.15, -0.1) is 6.58 Å². The Balaban J connectivity index is 0. The Kier molecular flexibility index (Phi) is 16.4. The van der Waals surface area contributed by atoms with Crippen LogP contribution in [0.2, 0.25) is 0 Å². The van der Waals surface area contributed by atoms with Crippen LogP contribution in [0, 0.1) is 0 Å². The zero-order chi connectivity index (χ0) is 3.41. The van der Waals surface area contributed by atoms with E-state index >= 15 is 0 Å². The summed E-state index contributed by atoms with van der Waals surface area (Å²) in [5.41, 5.74) is 0. The summed E-state index contributed by atoms with van der Waals surface area (Å²) >= 11 is 3.13. The molecule has 0 aliphatic rings. The molecule has 0 aliphatic carbocycles. The molecule has 5 heavy (non-hydrogen) atoms. The van der Waals surface area contributed by atoms with Gasteiger partial charge in [0.1, 0.15) is 0 Å². The maximum Gasteiger partial charge on any atom is 0.0209 e. The van der Waals surface area contributed by atoms with E-state index in [1.54, 1.807) is 6.08 Å². The average molecular weight is 186 g/mol. The summed E-state index contributed by atoms with van der Waals surface area (Å²) < 4.78 is 0. The van der Waals surface area contributed by atoms with Crippen molar-refractivity contribution in [3.63, 3.8) is 0 Å². The summed E-state index contributed by atoms with van der Waals surface area (Å²) in [5, 5.41) is 0.896. The number of alkyl halides is 1.